The number of ether oxygens (including phenoxy) is 1. The summed E-state index contributed by atoms with van der Waals surface area (Å²) in [7, 11) is 0. The molecule has 0 radical (unpaired) electrons. The molecule has 0 unspecified atom stereocenters. The normalized spacial score (nSPS) is 10.7. The number of hydrogen-bond acceptors (Lipinski definition) is 5. The van der Waals surface area contributed by atoms with Crippen LogP contribution in [0.3, 0.4) is 0 Å². The van der Waals surface area contributed by atoms with Crippen molar-refractivity contribution in [2.45, 2.75) is 6.42 Å². The van der Waals surface area contributed by atoms with Crippen LogP contribution >= 0.6 is 11.6 Å². The quantitative estimate of drug-likeness (QED) is 0.673. The second kappa shape index (κ2) is 7.26. The van der Waals surface area contributed by atoms with Crippen molar-refractivity contribution in [1.29, 1.82) is 0 Å². The first-order valence-electron chi connectivity index (χ1n) is 7.27. The van der Waals surface area contributed by atoms with E-state index >= 15 is 0 Å². The summed E-state index contributed by atoms with van der Waals surface area (Å²) in [5.41, 5.74) is 1.69. The molecule has 0 saturated carbocycles. The lowest BCUT2D eigenvalue weighted by Crippen LogP contribution is -2.00. The van der Waals surface area contributed by atoms with Gasteiger partial charge in [0.05, 0.1) is 12.1 Å². The lowest BCUT2D eigenvalue weighted by molar-refractivity contribution is 0.233. The van der Waals surface area contributed by atoms with Crippen molar-refractivity contribution in [3.8, 4) is 5.75 Å². The number of fused-ring (bicyclic) bond motifs is 1. The standard InChI is InChI=1S/C17H16ClN3O2/c18-12-2-7-15-16(10-12)19-11-20-17(15)21-13-3-5-14(6-4-13)23-9-1-8-22/h2-7,10-11,22H,1,8-9H2,(H,19,20,21). The minimum absolute atomic E-state index is 0.129. The molecule has 0 fully saturated rings. The van der Waals surface area contributed by atoms with Crippen LogP contribution in [0.5, 0.6) is 5.75 Å². The zero-order valence-corrected chi connectivity index (χ0v) is 13.1. The van der Waals surface area contributed by atoms with Crippen LogP contribution < -0.4 is 10.1 Å². The van der Waals surface area contributed by atoms with E-state index in [0.717, 1.165) is 28.2 Å². The number of rotatable bonds is 6. The van der Waals surface area contributed by atoms with Crippen LogP contribution in [-0.4, -0.2) is 28.3 Å². The molecule has 23 heavy (non-hydrogen) atoms. The van der Waals surface area contributed by atoms with Crippen molar-refractivity contribution in [1.82, 2.24) is 9.97 Å². The molecule has 2 aromatic carbocycles. The van der Waals surface area contributed by atoms with Gasteiger partial charge in [0, 0.05) is 29.1 Å². The Morgan fingerprint density at radius 1 is 1.09 bits per heavy atom. The van der Waals surface area contributed by atoms with Gasteiger partial charge in [0.2, 0.25) is 0 Å². The highest BCUT2D eigenvalue weighted by Crippen LogP contribution is 2.26. The first-order chi connectivity index (χ1) is 11.3. The topological polar surface area (TPSA) is 67.3 Å². The molecule has 0 saturated heterocycles. The van der Waals surface area contributed by atoms with E-state index < -0.39 is 0 Å². The molecular formula is C17H16ClN3O2. The third-order valence-electron chi connectivity index (χ3n) is 3.29. The highest BCUT2D eigenvalue weighted by atomic mass is 35.5. The van der Waals surface area contributed by atoms with E-state index in [2.05, 4.69) is 15.3 Å². The Balaban J connectivity index is 1.77. The van der Waals surface area contributed by atoms with Crippen LogP contribution in [0, 0.1) is 0 Å². The van der Waals surface area contributed by atoms with Crippen molar-refractivity contribution >= 4 is 34.0 Å². The van der Waals surface area contributed by atoms with Crippen LogP contribution in [0.15, 0.2) is 48.8 Å². The fraction of sp³-hybridized carbons (Fsp3) is 0.176. The number of nitrogens with one attached hydrogen (secondary N) is 1. The highest BCUT2D eigenvalue weighted by molar-refractivity contribution is 6.31. The summed E-state index contributed by atoms with van der Waals surface area (Å²) in [6.45, 7) is 0.630. The Bertz CT molecular complexity index is 793. The maximum absolute atomic E-state index is 8.75. The summed E-state index contributed by atoms with van der Waals surface area (Å²) < 4.78 is 5.51. The van der Waals surface area contributed by atoms with Crippen LogP contribution in [0.4, 0.5) is 11.5 Å². The van der Waals surface area contributed by atoms with Gasteiger partial charge in [0.1, 0.15) is 17.9 Å². The fourth-order valence-corrected chi connectivity index (χ4v) is 2.32. The molecule has 1 aromatic heterocycles. The number of aliphatic hydroxyl groups is 1. The number of nitrogens with zero attached hydrogens (tertiary/aromatic N) is 2. The van der Waals surface area contributed by atoms with Crippen LogP contribution in [0.1, 0.15) is 6.42 Å². The van der Waals surface area contributed by atoms with E-state index in [4.69, 9.17) is 21.4 Å². The zero-order chi connectivity index (χ0) is 16.1. The molecule has 3 aromatic rings. The van der Waals surface area contributed by atoms with Crippen molar-refractivity contribution < 1.29 is 9.84 Å². The van der Waals surface area contributed by atoms with Gasteiger partial charge in [-0.05, 0) is 42.5 Å². The van der Waals surface area contributed by atoms with Crippen molar-refractivity contribution in [3.05, 3.63) is 53.8 Å². The molecular weight excluding hydrogens is 314 g/mol. The van der Waals surface area contributed by atoms with Gasteiger partial charge in [-0.3, -0.25) is 0 Å². The first-order valence-corrected chi connectivity index (χ1v) is 7.65. The Hall–Kier alpha value is -2.37. The molecule has 0 aliphatic heterocycles. The third kappa shape index (κ3) is 3.88. The summed E-state index contributed by atoms with van der Waals surface area (Å²) in [6, 6.07) is 13.1. The number of aromatic nitrogens is 2. The third-order valence-corrected chi connectivity index (χ3v) is 3.52. The van der Waals surface area contributed by atoms with Crippen molar-refractivity contribution in [3.63, 3.8) is 0 Å². The van der Waals surface area contributed by atoms with Gasteiger partial charge in [0.25, 0.3) is 0 Å². The van der Waals surface area contributed by atoms with Crippen molar-refractivity contribution in [2.24, 2.45) is 0 Å². The van der Waals surface area contributed by atoms with Gasteiger partial charge in [-0.15, -0.1) is 0 Å². The number of hydrogen-bond donors (Lipinski definition) is 2. The molecule has 0 amide bonds. The summed E-state index contributed by atoms with van der Waals surface area (Å²) in [6.07, 6.45) is 2.13. The zero-order valence-electron chi connectivity index (χ0n) is 12.4. The summed E-state index contributed by atoms with van der Waals surface area (Å²) in [4.78, 5) is 8.51. The minimum atomic E-state index is 0.129. The van der Waals surface area contributed by atoms with Crippen LogP contribution in [0.25, 0.3) is 10.9 Å². The molecule has 2 N–H and O–H groups in total. The second-order valence-electron chi connectivity index (χ2n) is 4.96. The Morgan fingerprint density at radius 2 is 1.91 bits per heavy atom. The average Bonchev–Trinajstić information content (AvgIpc) is 2.56. The molecule has 0 spiro atoms. The van der Waals surface area contributed by atoms with Gasteiger partial charge in [-0.1, -0.05) is 11.6 Å². The molecule has 3 rings (SSSR count). The molecule has 0 aliphatic rings. The molecule has 0 aliphatic carbocycles. The van der Waals surface area contributed by atoms with Crippen LogP contribution in [-0.2, 0) is 0 Å². The molecule has 0 atom stereocenters. The van der Waals surface area contributed by atoms with Gasteiger partial charge >= 0.3 is 0 Å². The average molecular weight is 330 g/mol. The van der Waals surface area contributed by atoms with Gasteiger partial charge in [-0.2, -0.15) is 0 Å². The SMILES string of the molecule is OCCCOc1ccc(Nc2ncnc3cc(Cl)ccc23)cc1. The predicted molar refractivity (Wildman–Crippen MR) is 91.5 cm³/mol. The molecule has 6 heteroatoms. The number of benzene rings is 2. The lowest BCUT2D eigenvalue weighted by atomic mass is 10.2. The first kappa shape index (κ1) is 15.5. The van der Waals surface area contributed by atoms with E-state index in [1.165, 1.54) is 6.33 Å². The van der Waals surface area contributed by atoms with E-state index in [9.17, 15) is 0 Å². The monoisotopic (exact) mass is 329 g/mol. The minimum Gasteiger partial charge on any atom is -0.494 e. The van der Waals surface area contributed by atoms with Crippen LogP contribution in [0.2, 0.25) is 5.02 Å². The number of halogens is 1. The number of aliphatic hydroxyl groups excluding tert-OH is 1. The van der Waals surface area contributed by atoms with E-state index in [0.29, 0.717) is 18.1 Å². The second-order valence-corrected chi connectivity index (χ2v) is 5.40. The summed E-state index contributed by atoms with van der Waals surface area (Å²) >= 11 is 5.99. The van der Waals surface area contributed by atoms with Gasteiger partial charge in [-0.25, -0.2) is 9.97 Å². The summed E-state index contributed by atoms with van der Waals surface area (Å²) in [5.74, 6) is 1.49. The van der Waals surface area contributed by atoms with Gasteiger partial charge in [0.15, 0.2) is 0 Å². The molecule has 118 valence electrons. The molecule has 1 heterocycles. The maximum Gasteiger partial charge on any atom is 0.141 e. The van der Waals surface area contributed by atoms with E-state index in [1.807, 2.05) is 42.5 Å². The Morgan fingerprint density at radius 3 is 2.70 bits per heavy atom. The highest BCUT2D eigenvalue weighted by Gasteiger charge is 2.05. The Labute approximate surface area is 138 Å². The lowest BCUT2D eigenvalue weighted by Gasteiger charge is -2.10. The largest absolute Gasteiger partial charge is 0.494 e. The Kier molecular flexibility index (Phi) is 4.90. The van der Waals surface area contributed by atoms with E-state index in [1.54, 1.807) is 0 Å². The fourth-order valence-electron chi connectivity index (χ4n) is 2.16. The number of anilines is 2. The molecule has 5 nitrogen and oxygen atoms in total. The van der Waals surface area contributed by atoms with Crippen molar-refractivity contribution in [2.75, 3.05) is 18.5 Å². The summed E-state index contributed by atoms with van der Waals surface area (Å²) in [5, 5.41) is 13.6. The van der Waals surface area contributed by atoms with E-state index in [-0.39, 0.29) is 6.61 Å². The smallest absolute Gasteiger partial charge is 0.141 e. The molecule has 0 bridgehead atoms. The maximum atomic E-state index is 8.75. The predicted octanol–water partition coefficient (Wildman–Crippen LogP) is 3.79. The van der Waals surface area contributed by atoms with Gasteiger partial charge < -0.3 is 15.2 Å².